The van der Waals surface area contributed by atoms with Crippen molar-refractivity contribution < 1.29 is 9.53 Å². The van der Waals surface area contributed by atoms with Crippen LogP contribution in [0.3, 0.4) is 0 Å². The van der Waals surface area contributed by atoms with Crippen molar-refractivity contribution in [1.29, 1.82) is 0 Å². The number of rotatable bonds is 5. The Hall–Kier alpha value is -0.710. The summed E-state index contributed by atoms with van der Waals surface area (Å²) in [5.74, 6) is -0.122. The fourth-order valence-corrected chi connectivity index (χ4v) is 1.81. The molecule has 0 atom stereocenters. The molecule has 0 fully saturated rings. The number of hydrogen-bond donors (Lipinski definition) is 1. The van der Waals surface area contributed by atoms with Gasteiger partial charge in [0.25, 0.3) is 5.91 Å². The summed E-state index contributed by atoms with van der Waals surface area (Å²) in [6, 6.07) is 5.10. The number of benzene rings is 1. The van der Waals surface area contributed by atoms with E-state index in [1.807, 2.05) is 13.8 Å². The zero-order valence-electron chi connectivity index (χ0n) is 10.8. The van der Waals surface area contributed by atoms with Crippen molar-refractivity contribution in [2.24, 2.45) is 0 Å². The van der Waals surface area contributed by atoms with Crippen molar-refractivity contribution in [3.8, 4) is 0 Å². The van der Waals surface area contributed by atoms with E-state index in [0.717, 1.165) is 4.90 Å². The van der Waals surface area contributed by atoms with E-state index in [0.29, 0.717) is 23.7 Å². The van der Waals surface area contributed by atoms with E-state index in [1.54, 1.807) is 30.1 Å². The summed E-state index contributed by atoms with van der Waals surface area (Å²) in [5, 5.41) is 0.439. The van der Waals surface area contributed by atoms with Crippen LogP contribution >= 0.6 is 24.2 Å². The van der Waals surface area contributed by atoms with Crippen LogP contribution in [0.1, 0.15) is 24.2 Å². The van der Waals surface area contributed by atoms with E-state index in [4.69, 9.17) is 16.3 Å². The number of carbonyl (C=O) groups excluding carboxylic acids is 1. The molecule has 18 heavy (non-hydrogen) atoms. The number of carbonyl (C=O) groups is 1. The molecule has 0 aliphatic heterocycles. The van der Waals surface area contributed by atoms with Gasteiger partial charge in [0.05, 0.1) is 23.3 Å². The minimum absolute atomic E-state index is 0.122. The maximum atomic E-state index is 12.1. The van der Waals surface area contributed by atoms with E-state index in [2.05, 4.69) is 12.6 Å². The molecule has 0 N–H and O–H groups in total. The molecule has 0 saturated carbocycles. The summed E-state index contributed by atoms with van der Waals surface area (Å²) < 4.78 is 5.41. The van der Waals surface area contributed by atoms with Crippen LogP contribution in [-0.4, -0.2) is 37.1 Å². The lowest BCUT2D eigenvalue weighted by Gasteiger charge is -2.19. The summed E-state index contributed by atoms with van der Waals surface area (Å²) >= 11 is 10.2. The molecule has 1 rings (SSSR count). The van der Waals surface area contributed by atoms with Crippen LogP contribution in [0.4, 0.5) is 0 Å². The molecule has 0 heterocycles. The Bertz CT molecular complexity index is 423. The maximum Gasteiger partial charge on any atom is 0.255 e. The highest BCUT2D eigenvalue weighted by molar-refractivity contribution is 7.80. The minimum atomic E-state index is -0.122. The highest BCUT2D eigenvalue weighted by atomic mass is 35.5. The Labute approximate surface area is 118 Å². The Balaban J connectivity index is 2.65. The molecule has 1 aromatic rings. The predicted molar refractivity (Wildman–Crippen MR) is 76.8 cm³/mol. The monoisotopic (exact) mass is 287 g/mol. The Morgan fingerprint density at radius 3 is 2.78 bits per heavy atom. The van der Waals surface area contributed by atoms with Gasteiger partial charge in [-0.2, -0.15) is 0 Å². The van der Waals surface area contributed by atoms with Gasteiger partial charge in [0.2, 0.25) is 0 Å². The van der Waals surface area contributed by atoms with Crippen LogP contribution < -0.4 is 0 Å². The molecule has 0 unspecified atom stereocenters. The number of nitrogens with zero attached hydrogens (tertiary/aromatic N) is 1. The third kappa shape index (κ3) is 4.52. The van der Waals surface area contributed by atoms with Crippen LogP contribution in [0.2, 0.25) is 5.02 Å². The van der Waals surface area contributed by atoms with Gasteiger partial charge in [-0.25, -0.2) is 0 Å². The van der Waals surface area contributed by atoms with Crippen LogP contribution in [0.5, 0.6) is 0 Å². The normalized spacial score (nSPS) is 10.8. The van der Waals surface area contributed by atoms with Gasteiger partial charge in [0.1, 0.15) is 0 Å². The first kappa shape index (κ1) is 15.3. The van der Waals surface area contributed by atoms with Gasteiger partial charge in [-0.05, 0) is 32.0 Å². The Morgan fingerprint density at radius 2 is 2.17 bits per heavy atom. The summed E-state index contributed by atoms with van der Waals surface area (Å²) in [5.41, 5.74) is 0.469. The lowest BCUT2D eigenvalue weighted by atomic mass is 10.2. The quantitative estimate of drug-likeness (QED) is 0.843. The standard InChI is InChI=1S/C13H18ClNO2S/c1-9(2)17-7-6-15(3)13(16)11-8-10(18)4-5-12(11)14/h4-5,8-9,18H,6-7H2,1-3H3. The summed E-state index contributed by atoms with van der Waals surface area (Å²) in [6.45, 7) is 4.97. The minimum Gasteiger partial charge on any atom is -0.377 e. The highest BCUT2D eigenvalue weighted by Gasteiger charge is 2.15. The van der Waals surface area contributed by atoms with Gasteiger partial charge in [0.15, 0.2) is 0 Å². The lowest BCUT2D eigenvalue weighted by molar-refractivity contribution is 0.0532. The van der Waals surface area contributed by atoms with Crippen molar-refractivity contribution in [1.82, 2.24) is 4.90 Å². The molecule has 0 spiro atoms. The second-order valence-corrected chi connectivity index (χ2v) is 5.23. The molecule has 3 nitrogen and oxygen atoms in total. The van der Waals surface area contributed by atoms with Crippen molar-refractivity contribution in [3.63, 3.8) is 0 Å². The molecule has 1 aromatic carbocycles. The van der Waals surface area contributed by atoms with Crippen molar-refractivity contribution in [3.05, 3.63) is 28.8 Å². The first-order valence-electron chi connectivity index (χ1n) is 5.77. The number of likely N-dealkylation sites (N-methyl/N-ethyl adjacent to an activating group) is 1. The van der Waals surface area contributed by atoms with Gasteiger partial charge >= 0.3 is 0 Å². The second kappa shape index (κ2) is 7.02. The smallest absolute Gasteiger partial charge is 0.255 e. The first-order valence-corrected chi connectivity index (χ1v) is 6.60. The van der Waals surface area contributed by atoms with Crippen LogP contribution in [0.15, 0.2) is 23.1 Å². The number of halogens is 1. The highest BCUT2D eigenvalue weighted by Crippen LogP contribution is 2.20. The molecule has 1 amide bonds. The second-order valence-electron chi connectivity index (χ2n) is 4.31. The summed E-state index contributed by atoms with van der Waals surface area (Å²) in [4.78, 5) is 14.5. The number of thiol groups is 1. The van der Waals surface area contributed by atoms with Gasteiger partial charge in [-0.1, -0.05) is 11.6 Å². The van der Waals surface area contributed by atoms with Crippen molar-refractivity contribution >= 4 is 30.1 Å². The number of ether oxygens (including phenoxy) is 1. The molecule has 5 heteroatoms. The number of amides is 1. The fraction of sp³-hybridized carbons (Fsp3) is 0.462. The van der Waals surface area contributed by atoms with Gasteiger partial charge in [-0.3, -0.25) is 4.79 Å². The largest absolute Gasteiger partial charge is 0.377 e. The Morgan fingerprint density at radius 1 is 1.50 bits per heavy atom. The predicted octanol–water partition coefficient (Wildman–Crippen LogP) is 3.13. The maximum absolute atomic E-state index is 12.1. The van der Waals surface area contributed by atoms with Crippen LogP contribution in [0.25, 0.3) is 0 Å². The topological polar surface area (TPSA) is 29.5 Å². The molecular weight excluding hydrogens is 270 g/mol. The molecule has 0 aliphatic rings. The van der Waals surface area contributed by atoms with E-state index in [1.165, 1.54) is 0 Å². The molecule has 0 saturated heterocycles. The molecular formula is C13H18ClNO2S. The average molecular weight is 288 g/mol. The molecule has 100 valence electrons. The van der Waals surface area contributed by atoms with Crippen LogP contribution in [0, 0.1) is 0 Å². The third-order valence-corrected chi connectivity index (χ3v) is 3.01. The summed E-state index contributed by atoms with van der Waals surface area (Å²) in [7, 11) is 1.73. The third-order valence-electron chi connectivity index (χ3n) is 2.40. The first-order chi connectivity index (χ1) is 8.41. The zero-order valence-corrected chi connectivity index (χ0v) is 12.5. The van der Waals surface area contributed by atoms with E-state index in [-0.39, 0.29) is 12.0 Å². The molecule has 0 radical (unpaired) electrons. The van der Waals surface area contributed by atoms with E-state index in [9.17, 15) is 4.79 Å². The Kier molecular flexibility index (Phi) is 5.99. The zero-order chi connectivity index (χ0) is 13.7. The number of hydrogen-bond acceptors (Lipinski definition) is 3. The molecule has 0 aliphatic carbocycles. The van der Waals surface area contributed by atoms with Gasteiger partial charge in [-0.15, -0.1) is 12.6 Å². The summed E-state index contributed by atoms with van der Waals surface area (Å²) in [6.07, 6.45) is 0.165. The van der Waals surface area contributed by atoms with Crippen molar-refractivity contribution in [2.75, 3.05) is 20.2 Å². The van der Waals surface area contributed by atoms with Crippen molar-refractivity contribution in [2.45, 2.75) is 24.8 Å². The SMILES string of the molecule is CC(C)OCCN(C)C(=O)c1cc(S)ccc1Cl. The molecule has 0 aromatic heterocycles. The fourth-order valence-electron chi connectivity index (χ4n) is 1.41. The van der Waals surface area contributed by atoms with E-state index < -0.39 is 0 Å². The molecule has 0 bridgehead atoms. The lowest BCUT2D eigenvalue weighted by Crippen LogP contribution is -2.31. The van der Waals surface area contributed by atoms with Gasteiger partial charge in [0, 0.05) is 18.5 Å². The van der Waals surface area contributed by atoms with Crippen LogP contribution in [-0.2, 0) is 4.74 Å². The van der Waals surface area contributed by atoms with Gasteiger partial charge < -0.3 is 9.64 Å². The van der Waals surface area contributed by atoms with E-state index >= 15 is 0 Å². The average Bonchev–Trinajstić information content (AvgIpc) is 2.30.